The molecule has 104 valence electrons. The van der Waals surface area contributed by atoms with Crippen molar-refractivity contribution < 1.29 is 14.7 Å². The monoisotopic (exact) mass is 264 g/mol. The van der Waals surface area contributed by atoms with Crippen molar-refractivity contribution in [2.24, 2.45) is 0 Å². The molecule has 0 aliphatic carbocycles. The number of aliphatic carboxylic acids is 1. The Morgan fingerprint density at radius 3 is 2.42 bits per heavy atom. The van der Waals surface area contributed by atoms with E-state index >= 15 is 0 Å². The number of rotatable bonds is 6. The number of benzene rings is 1. The van der Waals surface area contributed by atoms with Gasteiger partial charge in [0.05, 0.1) is 6.54 Å². The van der Waals surface area contributed by atoms with Crippen LogP contribution in [0.3, 0.4) is 0 Å². The van der Waals surface area contributed by atoms with Crippen LogP contribution in [-0.2, 0) is 9.59 Å². The molecule has 0 aliphatic rings. The highest BCUT2D eigenvalue weighted by Gasteiger charge is 2.13. The van der Waals surface area contributed by atoms with Crippen molar-refractivity contribution in [1.29, 1.82) is 0 Å². The summed E-state index contributed by atoms with van der Waals surface area (Å²) in [7, 11) is 0. The van der Waals surface area contributed by atoms with Gasteiger partial charge in [0.2, 0.25) is 5.91 Å². The zero-order valence-electron chi connectivity index (χ0n) is 11.4. The van der Waals surface area contributed by atoms with Crippen LogP contribution >= 0.6 is 0 Å². The van der Waals surface area contributed by atoms with Gasteiger partial charge in [0, 0.05) is 5.69 Å². The lowest BCUT2D eigenvalue weighted by Gasteiger charge is -2.14. The average Bonchev–Trinajstić information content (AvgIpc) is 2.36. The summed E-state index contributed by atoms with van der Waals surface area (Å²) >= 11 is 0. The fourth-order valence-electron chi connectivity index (χ4n) is 1.64. The minimum atomic E-state index is -0.976. The van der Waals surface area contributed by atoms with E-state index in [1.54, 1.807) is 0 Å². The maximum atomic E-state index is 11.7. The van der Waals surface area contributed by atoms with E-state index in [1.807, 2.05) is 24.3 Å². The zero-order chi connectivity index (χ0) is 14.4. The molecule has 0 bridgehead atoms. The van der Waals surface area contributed by atoms with Gasteiger partial charge in [0.1, 0.15) is 6.04 Å². The Hall–Kier alpha value is -1.88. The Morgan fingerprint density at radius 1 is 1.21 bits per heavy atom. The fraction of sp³-hybridized carbons (Fsp3) is 0.429. The second kappa shape index (κ2) is 6.89. The van der Waals surface area contributed by atoms with E-state index in [2.05, 4.69) is 24.5 Å². The van der Waals surface area contributed by atoms with Gasteiger partial charge in [-0.3, -0.25) is 14.9 Å². The van der Waals surface area contributed by atoms with Crippen LogP contribution in [0.5, 0.6) is 0 Å². The van der Waals surface area contributed by atoms with Crippen molar-refractivity contribution in [3.8, 4) is 0 Å². The molecular weight excluding hydrogens is 244 g/mol. The Kier molecular flexibility index (Phi) is 5.51. The molecular formula is C14H20N2O3. The molecule has 0 aromatic heterocycles. The molecule has 0 saturated carbocycles. The van der Waals surface area contributed by atoms with Crippen molar-refractivity contribution in [3.63, 3.8) is 0 Å². The standard InChI is InChI=1S/C14H20N2O3/c1-9(2)11-6-4-5-7-12(11)16-13(17)8-15-10(3)14(18)19/h4-7,9-10,15H,8H2,1-3H3,(H,16,17)(H,18,19)/t10-/m0/s1. The van der Waals surface area contributed by atoms with Crippen LogP contribution in [0, 0.1) is 0 Å². The third kappa shape index (κ3) is 4.71. The van der Waals surface area contributed by atoms with E-state index < -0.39 is 12.0 Å². The van der Waals surface area contributed by atoms with Crippen LogP contribution in [0.4, 0.5) is 5.69 Å². The summed E-state index contributed by atoms with van der Waals surface area (Å²) in [4.78, 5) is 22.4. The van der Waals surface area contributed by atoms with E-state index in [-0.39, 0.29) is 12.5 Å². The molecule has 1 aromatic carbocycles. The molecule has 0 radical (unpaired) electrons. The van der Waals surface area contributed by atoms with Crippen molar-refractivity contribution >= 4 is 17.6 Å². The minimum absolute atomic E-state index is 0.0279. The molecule has 0 aliphatic heterocycles. The van der Waals surface area contributed by atoms with Crippen LogP contribution in [0.1, 0.15) is 32.3 Å². The number of para-hydroxylation sites is 1. The quantitative estimate of drug-likeness (QED) is 0.732. The van der Waals surface area contributed by atoms with Gasteiger partial charge in [-0.25, -0.2) is 0 Å². The molecule has 1 aromatic rings. The molecule has 1 rings (SSSR count). The average molecular weight is 264 g/mol. The second-order valence-corrected chi connectivity index (χ2v) is 4.73. The van der Waals surface area contributed by atoms with Crippen LogP contribution in [0.2, 0.25) is 0 Å². The lowest BCUT2D eigenvalue weighted by molar-refractivity contribution is -0.139. The fourth-order valence-corrected chi connectivity index (χ4v) is 1.64. The Bertz CT molecular complexity index is 458. The molecule has 0 saturated heterocycles. The highest BCUT2D eigenvalue weighted by Crippen LogP contribution is 2.23. The van der Waals surface area contributed by atoms with Crippen LogP contribution < -0.4 is 10.6 Å². The molecule has 0 spiro atoms. The topological polar surface area (TPSA) is 78.4 Å². The molecule has 1 atom stereocenters. The maximum Gasteiger partial charge on any atom is 0.320 e. The molecule has 5 nitrogen and oxygen atoms in total. The first-order chi connectivity index (χ1) is 8.91. The zero-order valence-corrected chi connectivity index (χ0v) is 11.4. The van der Waals surface area contributed by atoms with E-state index in [1.165, 1.54) is 6.92 Å². The van der Waals surface area contributed by atoms with Gasteiger partial charge in [-0.1, -0.05) is 32.0 Å². The number of carboxylic acids is 1. The largest absolute Gasteiger partial charge is 0.480 e. The van der Waals surface area contributed by atoms with Crippen molar-refractivity contribution in [2.75, 3.05) is 11.9 Å². The first-order valence-corrected chi connectivity index (χ1v) is 6.26. The summed E-state index contributed by atoms with van der Waals surface area (Å²) in [5.74, 6) is -0.918. The normalized spacial score (nSPS) is 12.2. The number of hydrogen-bond donors (Lipinski definition) is 3. The van der Waals surface area contributed by atoms with E-state index in [4.69, 9.17) is 5.11 Å². The van der Waals surface area contributed by atoms with Gasteiger partial charge < -0.3 is 10.4 Å². The molecule has 0 fully saturated rings. The number of carbonyl (C=O) groups excluding carboxylic acids is 1. The van der Waals surface area contributed by atoms with E-state index in [0.717, 1.165) is 11.3 Å². The summed E-state index contributed by atoms with van der Waals surface area (Å²) < 4.78 is 0. The number of anilines is 1. The number of amides is 1. The van der Waals surface area contributed by atoms with Gasteiger partial charge in [-0.15, -0.1) is 0 Å². The number of hydrogen-bond acceptors (Lipinski definition) is 3. The Balaban J connectivity index is 2.60. The van der Waals surface area contributed by atoms with Crippen LogP contribution in [-0.4, -0.2) is 29.6 Å². The van der Waals surface area contributed by atoms with Gasteiger partial charge in [-0.05, 0) is 24.5 Å². The van der Waals surface area contributed by atoms with Gasteiger partial charge in [0.25, 0.3) is 0 Å². The summed E-state index contributed by atoms with van der Waals surface area (Å²) in [6, 6.07) is 6.84. The first kappa shape index (κ1) is 15.2. The van der Waals surface area contributed by atoms with Crippen LogP contribution in [0.25, 0.3) is 0 Å². The van der Waals surface area contributed by atoms with Gasteiger partial charge in [0.15, 0.2) is 0 Å². The highest BCUT2D eigenvalue weighted by atomic mass is 16.4. The Morgan fingerprint density at radius 2 is 1.84 bits per heavy atom. The SMILES string of the molecule is CC(C)c1ccccc1NC(=O)CN[C@@H](C)C(=O)O. The smallest absolute Gasteiger partial charge is 0.320 e. The number of nitrogens with one attached hydrogen (secondary N) is 2. The third-order valence-electron chi connectivity index (χ3n) is 2.80. The summed E-state index contributed by atoms with van der Waals surface area (Å²) in [6.07, 6.45) is 0. The maximum absolute atomic E-state index is 11.7. The number of carboxylic acid groups (broad SMARTS) is 1. The molecule has 3 N–H and O–H groups in total. The van der Waals surface area contributed by atoms with Crippen molar-refractivity contribution in [2.45, 2.75) is 32.7 Å². The van der Waals surface area contributed by atoms with E-state index in [0.29, 0.717) is 5.92 Å². The highest BCUT2D eigenvalue weighted by molar-refractivity contribution is 5.93. The predicted octanol–water partition coefficient (Wildman–Crippen LogP) is 1.81. The third-order valence-corrected chi connectivity index (χ3v) is 2.80. The molecule has 19 heavy (non-hydrogen) atoms. The summed E-state index contributed by atoms with van der Waals surface area (Å²) in [5, 5.41) is 14.1. The Labute approximate surface area is 113 Å². The molecule has 0 unspecified atom stereocenters. The van der Waals surface area contributed by atoms with Gasteiger partial charge >= 0.3 is 5.97 Å². The summed E-state index contributed by atoms with van der Waals surface area (Å²) in [6.45, 7) is 5.57. The lowest BCUT2D eigenvalue weighted by atomic mass is 10.0. The molecule has 0 heterocycles. The predicted molar refractivity (Wildman–Crippen MR) is 74.3 cm³/mol. The van der Waals surface area contributed by atoms with Crippen LogP contribution in [0.15, 0.2) is 24.3 Å². The minimum Gasteiger partial charge on any atom is -0.480 e. The van der Waals surface area contributed by atoms with Gasteiger partial charge in [-0.2, -0.15) is 0 Å². The summed E-state index contributed by atoms with van der Waals surface area (Å²) in [5.41, 5.74) is 1.83. The molecule has 1 amide bonds. The van der Waals surface area contributed by atoms with E-state index in [9.17, 15) is 9.59 Å². The second-order valence-electron chi connectivity index (χ2n) is 4.73. The lowest BCUT2D eigenvalue weighted by Crippen LogP contribution is -2.39. The first-order valence-electron chi connectivity index (χ1n) is 6.26. The number of carbonyl (C=O) groups is 2. The van der Waals surface area contributed by atoms with Crippen molar-refractivity contribution in [3.05, 3.63) is 29.8 Å². The molecule has 5 heteroatoms. The van der Waals surface area contributed by atoms with Crippen molar-refractivity contribution in [1.82, 2.24) is 5.32 Å².